The van der Waals surface area contributed by atoms with Crippen LogP contribution in [0.2, 0.25) is 0 Å². The molecule has 7 heteroatoms. The number of benzene rings is 1. The third kappa shape index (κ3) is 2.83. The van der Waals surface area contributed by atoms with Crippen molar-refractivity contribution in [3.8, 4) is 11.4 Å². The van der Waals surface area contributed by atoms with Gasteiger partial charge in [0.2, 0.25) is 5.82 Å². The molecule has 1 aromatic carbocycles. The Morgan fingerprint density at radius 1 is 1.45 bits per heavy atom. The normalized spacial score (nSPS) is 10.6. The third-order valence-corrected chi connectivity index (χ3v) is 3.10. The van der Waals surface area contributed by atoms with Gasteiger partial charge in [0.1, 0.15) is 0 Å². The molecule has 0 saturated carbocycles. The molecule has 0 radical (unpaired) electrons. The number of aliphatic hydroxyl groups excluding tert-OH is 1. The number of hydrogen-bond acceptors (Lipinski definition) is 5. The van der Waals surface area contributed by atoms with Crippen molar-refractivity contribution in [3.05, 3.63) is 29.3 Å². The smallest absolute Gasteiger partial charge is 0.254 e. The summed E-state index contributed by atoms with van der Waals surface area (Å²) in [4.78, 5) is 14.0. The van der Waals surface area contributed by atoms with Gasteiger partial charge < -0.3 is 10.0 Å². The molecular weight excluding hydrogens is 258 g/mol. The Labute approximate surface area is 116 Å². The molecule has 0 bridgehead atoms. The van der Waals surface area contributed by atoms with Crippen LogP contribution in [0.5, 0.6) is 0 Å². The molecule has 0 atom stereocenters. The number of carbonyl (C=O) groups is 1. The molecule has 20 heavy (non-hydrogen) atoms. The number of carbonyl (C=O) groups excluding carboxylic acids is 1. The number of tetrazole rings is 1. The topological polar surface area (TPSA) is 95.0 Å². The predicted molar refractivity (Wildman–Crippen MR) is 73.0 cm³/mol. The van der Waals surface area contributed by atoms with Crippen LogP contribution >= 0.6 is 0 Å². The summed E-state index contributed by atoms with van der Waals surface area (Å²) < 4.78 is 0. The van der Waals surface area contributed by atoms with Gasteiger partial charge in [0.05, 0.1) is 6.61 Å². The van der Waals surface area contributed by atoms with E-state index in [1.165, 1.54) is 0 Å². The molecule has 7 nitrogen and oxygen atoms in total. The van der Waals surface area contributed by atoms with Crippen molar-refractivity contribution >= 4 is 5.91 Å². The highest BCUT2D eigenvalue weighted by Gasteiger charge is 2.16. The van der Waals surface area contributed by atoms with Crippen LogP contribution in [0.3, 0.4) is 0 Å². The minimum Gasteiger partial charge on any atom is -0.395 e. The van der Waals surface area contributed by atoms with Crippen LogP contribution in [0.1, 0.15) is 22.8 Å². The Morgan fingerprint density at radius 2 is 2.25 bits per heavy atom. The highest BCUT2D eigenvalue weighted by atomic mass is 16.3. The Morgan fingerprint density at radius 3 is 2.80 bits per heavy atom. The zero-order valence-corrected chi connectivity index (χ0v) is 11.5. The largest absolute Gasteiger partial charge is 0.395 e. The van der Waals surface area contributed by atoms with Gasteiger partial charge in [-0.3, -0.25) is 4.79 Å². The minimum absolute atomic E-state index is 0.0421. The number of aliphatic hydroxyl groups is 1. The summed E-state index contributed by atoms with van der Waals surface area (Å²) in [7, 11) is 0. The molecule has 0 fully saturated rings. The first-order valence-electron chi connectivity index (χ1n) is 6.42. The predicted octanol–water partition coefficient (Wildman–Crippen LogP) is 0.630. The van der Waals surface area contributed by atoms with E-state index in [-0.39, 0.29) is 12.5 Å². The van der Waals surface area contributed by atoms with Crippen LogP contribution in [0.25, 0.3) is 11.4 Å². The number of H-pyrrole nitrogens is 1. The summed E-state index contributed by atoms with van der Waals surface area (Å²) in [5, 5.41) is 22.7. The van der Waals surface area contributed by atoms with E-state index in [1.54, 1.807) is 17.0 Å². The first-order valence-corrected chi connectivity index (χ1v) is 6.42. The monoisotopic (exact) mass is 275 g/mol. The molecule has 0 aliphatic rings. The maximum absolute atomic E-state index is 12.3. The fraction of sp³-hybridized carbons (Fsp3) is 0.385. The van der Waals surface area contributed by atoms with E-state index in [9.17, 15) is 4.79 Å². The zero-order chi connectivity index (χ0) is 14.5. The Hall–Kier alpha value is -2.28. The Bertz CT molecular complexity index is 582. The fourth-order valence-electron chi connectivity index (χ4n) is 2.02. The number of rotatable bonds is 5. The van der Waals surface area contributed by atoms with E-state index >= 15 is 0 Å². The van der Waals surface area contributed by atoms with Gasteiger partial charge >= 0.3 is 0 Å². The quantitative estimate of drug-likeness (QED) is 0.834. The average molecular weight is 275 g/mol. The lowest BCUT2D eigenvalue weighted by Gasteiger charge is -2.20. The number of amides is 1. The van der Waals surface area contributed by atoms with E-state index in [1.807, 2.05) is 19.9 Å². The van der Waals surface area contributed by atoms with E-state index < -0.39 is 0 Å². The molecule has 0 saturated heterocycles. The minimum atomic E-state index is -0.0845. The van der Waals surface area contributed by atoms with Crippen molar-refractivity contribution in [1.82, 2.24) is 25.5 Å². The van der Waals surface area contributed by atoms with Gasteiger partial charge in [-0.2, -0.15) is 5.21 Å². The maximum Gasteiger partial charge on any atom is 0.254 e. The maximum atomic E-state index is 12.3. The molecule has 0 spiro atoms. The van der Waals surface area contributed by atoms with E-state index in [4.69, 9.17) is 5.11 Å². The fourth-order valence-corrected chi connectivity index (χ4v) is 2.02. The van der Waals surface area contributed by atoms with Gasteiger partial charge in [-0.1, -0.05) is 6.07 Å². The van der Waals surface area contributed by atoms with Crippen LogP contribution in [0.4, 0.5) is 0 Å². The van der Waals surface area contributed by atoms with Gasteiger partial charge in [-0.15, -0.1) is 10.2 Å². The second kappa shape index (κ2) is 6.25. The van der Waals surface area contributed by atoms with Crippen molar-refractivity contribution in [3.63, 3.8) is 0 Å². The van der Waals surface area contributed by atoms with Crippen LogP contribution in [0, 0.1) is 6.92 Å². The van der Waals surface area contributed by atoms with Crippen molar-refractivity contribution < 1.29 is 9.90 Å². The molecule has 1 heterocycles. The number of likely N-dealkylation sites (N-methyl/N-ethyl adjacent to an activating group) is 1. The van der Waals surface area contributed by atoms with Crippen LogP contribution in [-0.2, 0) is 0 Å². The molecule has 0 aliphatic heterocycles. The molecule has 1 amide bonds. The standard InChI is InChI=1S/C13H17N5O2/c1-3-18(6-7-19)13(20)11-5-4-10(8-9(11)2)12-14-16-17-15-12/h4-5,8,19H,3,6-7H2,1-2H3,(H,14,15,16,17). The van der Waals surface area contributed by atoms with Crippen molar-refractivity contribution in [2.75, 3.05) is 19.7 Å². The molecule has 2 aromatic rings. The first kappa shape index (κ1) is 14.1. The first-order chi connectivity index (χ1) is 9.67. The van der Waals surface area contributed by atoms with Gasteiger partial charge in [-0.05, 0) is 36.8 Å². The summed E-state index contributed by atoms with van der Waals surface area (Å²) in [5.41, 5.74) is 2.26. The lowest BCUT2D eigenvalue weighted by Crippen LogP contribution is -2.33. The van der Waals surface area contributed by atoms with Crippen LogP contribution < -0.4 is 0 Å². The summed E-state index contributed by atoms with van der Waals surface area (Å²) in [5.74, 6) is 0.411. The third-order valence-electron chi connectivity index (χ3n) is 3.10. The number of nitrogens with one attached hydrogen (secondary N) is 1. The Balaban J connectivity index is 2.27. The van der Waals surface area contributed by atoms with Gasteiger partial charge in [0, 0.05) is 24.2 Å². The number of aromatic nitrogens is 4. The molecular formula is C13H17N5O2. The molecule has 0 unspecified atom stereocenters. The van der Waals surface area contributed by atoms with Crippen molar-refractivity contribution in [2.45, 2.75) is 13.8 Å². The van der Waals surface area contributed by atoms with E-state index in [0.29, 0.717) is 24.5 Å². The lowest BCUT2D eigenvalue weighted by molar-refractivity contribution is 0.0731. The van der Waals surface area contributed by atoms with Gasteiger partial charge in [0.25, 0.3) is 5.91 Å². The molecule has 2 rings (SSSR count). The second-order valence-electron chi connectivity index (χ2n) is 4.37. The summed E-state index contributed by atoms with van der Waals surface area (Å²) in [6, 6.07) is 5.39. The van der Waals surface area contributed by atoms with Crippen LogP contribution in [0.15, 0.2) is 18.2 Å². The summed E-state index contributed by atoms with van der Waals surface area (Å²) in [6.07, 6.45) is 0. The lowest BCUT2D eigenvalue weighted by atomic mass is 10.0. The number of aryl methyl sites for hydroxylation is 1. The molecule has 106 valence electrons. The highest BCUT2D eigenvalue weighted by Crippen LogP contribution is 2.19. The van der Waals surface area contributed by atoms with Crippen molar-refractivity contribution in [1.29, 1.82) is 0 Å². The Kier molecular flexibility index (Phi) is 4.41. The number of nitrogens with zero attached hydrogens (tertiary/aromatic N) is 4. The van der Waals surface area contributed by atoms with Crippen molar-refractivity contribution in [2.24, 2.45) is 0 Å². The summed E-state index contributed by atoms with van der Waals surface area (Å²) >= 11 is 0. The number of hydrogen-bond donors (Lipinski definition) is 2. The van der Waals surface area contributed by atoms with Crippen LogP contribution in [-0.4, -0.2) is 56.2 Å². The van der Waals surface area contributed by atoms with Gasteiger partial charge in [0.15, 0.2) is 0 Å². The summed E-state index contributed by atoms with van der Waals surface area (Å²) in [6.45, 7) is 4.60. The van der Waals surface area contributed by atoms with E-state index in [0.717, 1.165) is 11.1 Å². The van der Waals surface area contributed by atoms with Gasteiger partial charge in [-0.25, -0.2) is 0 Å². The molecule has 2 N–H and O–H groups in total. The zero-order valence-electron chi connectivity index (χ0n) is 11.5. The molecule has 1 aromatic heterocycles. The highest BCUT2D eigenvalue weighted by molar-refractivity contribution is 5.96. The SMILES string of the molecule is CCN(CCO)C(=O)c1ccc(-c2nn[nH]n2)cc1C. The molecule has 0 aliphatic carbocycles. The number of aromatic amines is 1. The second-order valence-corrected chi connectivity index (χ2v) is 4.37. The van der Waals surface area contributed by atoms with E-state index in [2.05, 4.69) is 20.6 Å². The average Bonchev–Trinajstić information content (AvgIpc) is 2.98.